The summed E-state index contributed by atoms with van der Waals surface area (Å²) in [5, 5.41) is 11.4. The van der Waals surface area contributed by atoms with Gasteiger partial charge in [0.1, 0.15) is 0 Å². The second-order valence-corrected chi connectivity index (χ2v) is 10.3. The van der Waals surface area contributed by atoms with E-state index in [4.69, 9.17) is 16.3 Å². The Labute approximate surface area is 215 Å². The van der Waals surface area contributed by atoms with Crippen LogP contribution in [0.4, 0.5) is 0 Å². The second kappa shape index (κ2) is 10.7. The first-order chi connectivity index (χ1) is 14.4. The number of nitrogens with zero attached hydrogens (tertiary/aromatic N) is 2. The zero-order valence-corrected chi connectivity index (χ0v) is 22.3. The quantitative estimate of drug-likeness (QED) is 0.421. The van der Waals surface area contributed by atoms with Crippen LogP contribution < -0.4 is 39.4 Å². The summed E-state index contributed by atoms with van der Waals surface area (Å²) < 4.78 is 7.99. The predicted molar refractivity (Wildman–Crippen MR) is 117 cm³/mol. The van der Waals surface area contributed by atoms with Crippen LogP contribution in [0.2, 0.25) is 5.02 Å². The smallest absolute Gasteiger partial charge is 1.00 e. The summed E-state index contributed by atoms with van der Waals surface area (Å²) in [7, 11) is 0. The molecular formula is C23H22ClN2NaO3Se. The Bertz CT molecular complexity index is 1050. The molecule has 2 aromatic carbocycles. The van der Waals surface area contributed by atoms with E-state index in [1.54, 1.807) is 0 Å². The van der Waals surface area contributed by atoms with E-state index in [1.807, 2.05) is 38.2 Å². The van der Waals surface area contributed by atoms with Gasteiger partial charge < -0.3 is 0 Å². The van der Waals surface area contributed by atoms with Gasteiger partial charge in [0.2, 0.25) is 0 Å². The molecule has 1 fully saturated rings. The van der Waals surface area contributed by atoms with Gasteiger partial charge in [-0.1, -0.05) is 0 Å². The summed E-state index contributed by atoms with van der Waals surface area (Å²) in [5.41, 5.74) is 3.36. The number of rotatable bonds is 7. The van der Waals surface area contributed by atoms with Crippen LogP contribution in [0, 0.1) is 5.92 Å². The zero-order valence-electron chi connectivity index (χ0n) is 17.8. The normalized spacial score (nSPS) is 14.2. The third-order valence-electron chi connectivity index (χ3n) is 4.98. The first kappa shape index (κ1) is 24.5. The monoisotopic (exact) mass is 512 g/mol. The molecule has 156 valence electrons. The van der Waals surface area contributed by atoms with E-state index in [-0.39, 0.29) is 56.1 Å². The van der Waals surface area contributed by atoms with E-state index < -0.39 is 5.97 Å². The molecule has 0 atom stereocenters. The van der Waals surface area contributed by atoms with Gasteiger partial charge in [0.25, 0.3) is 0 Å². The molecule has 8 heteroatoms. The van der Waals surface area contributed by atoms with Crippen LogP contribution in [0.5, 0.6) is 5.75 Å². The maximum Gasteiger partial charge on any atom is 1.00 e. The molecule has 0 saturated carbocycles. The van der Waals surface area contributed by atoms with E-state index >= 15 is 0 Å². The number of benzene rings is 2. The van der Waals surface area contributed by atoms with Crippen molar-refractivity contribution in [3.05, 3.63) is 59.2 Å². The van der Waals surface area contributed by atoms with Crippen LogP contribution in [-0.2, 0) is 11.3 Å². The van der Waals surface area contributed by atoms with Crippen molar-refractivity contribution in [1.29, 1.82) is 0 Å². The summed E-state index contributed by atoms with van der Waals surface area (Å²) in [5.74, 6) is -0.579. The van der Waals surface area contributed by atoms with Gasteiger partial charge in [-0.2, -0.15) is 0 Å². The Morgan fingerprint density at radius 3 is 2.52 bits per heavy atom. The number of carboxylic acids is 1. The Balaban J connectivity index is 0.00000272. The number of likely N-dealkylation sites (tertiary alicyclic amines) is 1. The van der Waals surface area contributed by atoms with Gasteiger partial charge in [-0.25, -0.2) is 0 Å². The Hall–Kier alpha value is -1.11. The fraction of sp³-hybridized carbons (Fsp3) is 0.304. The molecule has 0 spiro atoms. The van der Waals surface area contributed by atoms with Gasteiger partial charge in [-0.05, 0) is 0 Å². The number of aliphatic carboxylic acids is 1. The number of halogens is 1. The Morgan fingerprint density at radius 2 is 1.90 bits per heavy atom. The SMILES string of the molecule is CC(C)Oc1ccc(-c2cnc(-c3ccc(CN4CC(C(=O)[O-])C4)cc3)[se]2)cc1Cl.[Na+]. The van der Waals surface area contributed by atoms with Gasteiger partial charge in [-0.3, -0.25) is 0 Å². The first-order valence-corrected chi connectivity index (χ1v) is 11.9. The summed E-state index contributed by atoms with van der Waals surface area (Å²) in [4.78, 5) is 17.6. The number of carbonyl (C=O) groups is 1. The van der Waals surface area contributed by atoms with Gasteiger partial charge in [0.05, 0.1) is 0 Å². The van der Waals surface area contributed by atoms with Crippen molar-refractivity contribution in [2.75, 3.05) is 13.1 Å². The molecule has 1 aliphatic rings. The number of hydrogen-bond acceptors (Lipinski definition) is 5. The van der Waals surface area contributed by atoms with E-state index in [0.717, 1.165) is 22.2 Å². The van der Waals surface area contributed by atoms with Gasteiger partial charge in [0.15, 0.2) is 0 Å². The topological polar surface area (TPSA) is 65.5 Å². The number of hydrogen-bond donors (Lipinski definition) is 0. The summed E-state index contributed by atoms with van der Waals surface area (Å²) in [6.45, 7) is 5.85. The fourth-order valence-corrected chi connectivity index (χ4v) is 5.55. The largest absolute Gasteiger partial charge is 1.00 e. The molecular weight excluding hydrogens is 490 g/mol. The molecule has 0 radical (unpaired) electrons. The first-order valence-electron chi connectivity index (χ1n) is 9.84. The minimum atomic E-state index is -0.949. The van der Waals surface area contributed by atoms with E-state index in [0.29, 0.717) is 23.9 Å². The number of aromatic nitrogens is 1. The number of carboxylic acid groups (broad SMARTS) is 1. The van der Waals surface area contributed by atoms with E-state index in [2.05, 4.69) is 34.1 Å². The van der Waals surface area contributed by atoms with Gasteiger partial charge in [0, 0.05) is 0 Å². The van der Waals surface area contributed by atoms with Crippen LogP contribution in [-0.4, -0.2) is 49.6 Å². The van der Waals surface area contributed by atoms with Gasteiger partial charge in [-0.15, -0.1) is 0 Å². The van der Waals surface area contributed by atoms with Crippen molar-refractivity contribution < 1.29 is 44.2 Å². The van der Waals surface area contributed by atoms with Crippen LogP contribution in [0.1, 0.15) is 19.4 Å². The van der Waals surface area contributed by atoms with Crippen LogP contribution in [0.15, 0.2) is 48.7 Å². The minimum absolute atomic E-state index is 0. The molecule has 4 rings (SSSR count). The molecule has 5 nitrogen and oxygen atoms in total. The number of carbonyl (C=O) groups excluding carboxylic acids is 1. The molecule has 1 aliphatic heterocycles. The third-order valence-corrected chi connectivity index (χ3v) is 7.58. The Morgan fingerprint density at radius 1 is 1.23 bits per heavy atom. The molecule has 1 aromatic heterocycles. The maximum atomic E-state index is 10.8. The zero-order chi connectivity index (χ0) is 21.3. The number of ether oxygens (including phenoxy) is 1. The molecule has 3 aromatic rings. The van der Waals surface area contributed by atoms with Crippen molar-refractivity contribution in [1.82, 2.24) is 9.88 Å². The van der Waals surface area contributed by atoms with E-state index in [9.17, 15) is 9.90 Å². The maximum absolute atomic E-state index is 10.8. The van der Waals surface area contributed by atoms with Crippen LogP contribution >= 0.6 is 11.6 Å². The molecule has 0 amide bonds. The second-order valence-electron chi connectivity index (χ2n) is 7.75. The van der Waals surface area contributed by atoms with Crippen molar-refractivity contribution in [2.45, 2.75) is 26.5 Å². The van der Waals surface area contributed by atoms with Crippen molar-refractivity contribution >= 4 is 32.1 Å². The average Bonchev–Trinajstić information content (AvgIpc) is 3.16. The van der Waals surface area contributed by atoms with E-state index in [1.165, 1.54) is 10.0 Å². The molecule has 31 heavy (non-hydrogen) atoms. The molecule has 1 saturated heterocycles. The summed E-state index contributed by atoms with van der Waals surface area (Å²) in [6, 6.07) is 14.3. The minimum Gasteiger partial charge on any atom is 1.00 e. The summed E-state index contributed by atoms with van der Waals surface area (Å²) >= 11 is 6.49. The van der Waals surface area contributed by atoms with Crippen molar-refractivity contribution in [3.8, 4) is 25.9 Å². The standard InChI is InChI=1S/C23H23ClN2O3Se.Na/c1-14(2)29-20-8-7-17(9-19(20)24)21-10-25-22(30-21)16-5-3-15(4-6-16)11-26-12-18(13-26)23(27)28;/h3-10,14,18H,11-13H2,1-2H3,(H,27,28);/q;+1/p-1. The van der Waals surface area contributed by atoms with Gasteiger partial charge >= 0.3 is 217 Å². The molecule has 0 bridgehead atoms. The Kier molecular flexibility index (Phi) is 8.44. The van der Waals surface area contributed by atoms with Crippen LogP contribution in [0.3, 0.4) is 0 Å². The molecule has 0 unspecified atom stereocenters. The fourth-order valence-electron chi connectivity index (χ4n) is 3.40. The van der Waals surface area contributed by atoms with Crippen LogP contribution in [0.25, 0.3) is 20.1 Å². The summed E-state index contributed by atoms with van der Waals surface area (Å²) in [6.07, 6.45) is 2.01. The molecule has 2 heterocycles. The van der Waals surface area contributed by atoms with Crippen molar-refractivity contribution in [2.24, 2.45) is 5.92 Å². The predicted octanol–water partition coefficient (Wildman–Crippen LogP) is 0.0989. The van der Waals surface area contributed by atoms with Crippen molar-refractivity contribution in [3.63, 3.8) is 0 Å². The average molecular weight is 512 g/mol. The third kappa shape index (κ3) is 6.02. The molecule has 0 aliphatic carbocycles. The molecule has 0 N–H and O–H groups in total.